The van der Waals surface area contributed by atoms with Crippen molar-refractivity contribution in [3.05, 3.63) is 35.9 Å². The lowest BCUT2D eigenvalue weighted by molar-refractivity contribution is -0.884. The van der Waals surface area contributed by atoms with E-state index in [9.17, 15) is 13.2 Å². The van der Waals surface area contributed by atoms with Crippen LogP contribution in [0.15, 0.2) is 30.3 Å². The minimum Gasteiger partial charge on any atom is -0.362 e. The first-order valence-corrected chi connectivity index (χ1v) is 5.23. The third kappa shape index (κ3) is 8.58. The molecule has 0 saturated carbocycles. The first-order valence-electron chi connectivity index (χ1n) is 5.23. The standard InChI is InChI=1S/C10H16N.C2H2F3NO/c1-11(2,3)9-10-7-5-4-6-8-10;3-2(4,5)1(6)7/h4-8H,9H2,1-3H3;(H2,6,7)/q+1;. The molecule has 0 aliphatic rings. The zero-order chi connectivity index (χ0) is 14.4. The Morgan fingerprint density at radius 2 is 1.56 bits per heavy atom. The van der Waals surface area contributed by atoms with E-state index in [0.717, 1.165) is 11.0 Å². The summed E-state index contributed by atoms with van der Waals surface area (Å²) in [7, 11) is 6.60. The van der Waals surface area contributed by atoms with Crippen LogP contribution in [0.25, 0.3) is 0 Å². The Kier molecular flexibility index (Phi) is 5.84. The molecule has 1 aromatic rings. The van der Waals surface area contributed by atoms with Gasteiger partial charge in [-0.2, -0.15) is 13.2 Å². The van der Waals surface area contributed by atoms with Crippen molar-refractivity contribution in [2.24, 2.45) is 5.73 Å². The molecule has 102 valence electrons. The summed E-state index contributed by atoms with van der Waals surface area (Å²) in [5, 5.41) is 0. The number of benzene rings is 1. The van der Waals surface area contributed by atoms with E-state index in [1.807, 2.05) is 0 Å². The molecule has 0 heterocycles. The first kappa shape index (κ1) is 16.4. The second-order valence-corrected chi connectivity index (χ2v) is 4.80. The average molecular weight is 263 g/mol. The van der Waals surface area contributed by atoms with Crippen LogP contribution in [0.1, 0.15) is 5.56 Å². The van der Waals surface area contributed by atoms with Crippen molar-refractivity contribution in [2.45, 2.75) is 12.7 Å². The number of hydrogen-bond acceptors (Lipinski definition) is 1. The van der Waals surface area contributed by atoms with Crippen molar-refractivity contribution in [3.8, 4) is 0 Å². The van der Waals surface area contributed by atoms with Crippen LogP contribution in [-0.4, -0.2) is 37.7 Å². The first-order chi connectivity index (χ1) is 8.02. The molecule has 0 spiro atoms. The van der Waals surface area contributed by atoms with Gasteiger partial charge < -0.3 is 10.2 Å². The molecule has 1 aromatic carbocycles. The summed E-state index contributed by atoms with van der Waals surface area (Å²) in [6, 6.07) is 10.6. The highest BCUT2D eigenvalue weighted by Gasteiger charge is 2.35. The molecule has 3 nitrogen and oxygen atoms in total. The van der Waals surface area contributed by atoms with E-state index in [2.05, 4.69) is 57.2 Å². The summed E-state index contributed by atoms with van der Waals surface area (Å²) >= 11 is 0. The summed E-state index contributed by atoms with van der Waals surface area (Å²) in [4.78, 5) is 9.12. The number of amides is 1. The van der Waals surface area contributed by atoms with Gasteiger partial charge in [0, 0.05) is 5.56 Å². The van der Waals surface area contributed by atoms with Gasteiger partial charge in [0.05, 0.1) is 21.1 Å². The average Bonchev–Trinajstić information content (AvgIpc) is 2.15. The predicted molar refractivity (Wildman–Crippen MR) is 63.4 cm³/mol. The number of primary amides is 1. The SMILES string of the molecule is C[N+](C)(C)Cc1ccccc1.NC(=O)C(F)(F)F. The van der Waals surface area contributed by atoms with Gasteiger partial charge >= 0.3 is 12.1 Å². The number of nitrogens with zero attached hydrogens (tertiary/aromatic N) is 1. The van der Waals surface area contributed by atoms with Gasteiger partial charge in [-0.1, -0.05) is 30.3 Å². The van der Waals surface area contributed by atoms with Gasteiger partial charge in [0.15, 0.2) is 0 Å². The van der Waals surface area contributed by atoms with Crippen LogP contribution in [0, 0.1) is 0 Å². The molecule has 2 N–H and O–H groups in total. The molecule has 18 heavy (non-hydrogen) atoms. The van der Waals surface area contributed by atoms with Crippen molar-refractivity contribution in [1.29, 1.82) is 0 Å². The molecular formula is C12H18F3N2O+. The highest BCUT2D eigenvalue weighted by Crippen LogP contribution is 2.11. The molecule has 1 rings (SSSR count). The van der Waals surface area contributed by atoms with E-state index in [0.29, 0.717) is 0 Å². The molecule has 0 radical (unpaired) electrons. The Balaban J connectivity index is 0.000000360. The van der Waals surface area contributed by atoms with Gasteiger partial charge in [-0.25, -0.2) is 0 Å². The van der Waals surface area contributed by atoms with Crippen LogP contribution >= 0.6 is 0 Å². The summed E-state index contributed by atoms with van der Waals surface area (Å²) in [5.41, 5.74) is 5.21. The van der Waals surface area contributed by atoms with Gasteiger partial charge in [-0.15, -0.1) is 0 Å². The Hall–Kier alpha value is -1.56. The zero-order valence-electron chi connectivity index (χ0n) is 10.7. The fourth-order valence-corrected chi connectivity index (χ4v) is 1.13. The van der Waals surface area contributed by atoms with Crippen molar-refractivity contribution in [3.63, 3.8) is 0 Å². The molecule has 0 saturated heterocycles. The number of rotatable bonds is 2. The Morgan fingerprint density at radius 1 is 1.17 bits per heavy atom. The third-order valence-electron chi connectivity index (χ3n) is 1.78. The molecule has 6 heteroatoms. The minimum atomic E-state index is -4.86. The number of hydrogen-bond donors (Lipinski definition) is 1. The molecule has 0 bridgehead atoms. The number of halogens is 3. The van der Waals surface area contributed by atoms with E-state index in [4.69, 9.17) is 4.79 Å². The molecule has 1 amide bonds. The smallest absolute Gasteiger partial charge is 0.362 e. The summed E-state index contributed by atoms with van der Waals surface area (Å²) < 4.78 is 33.1. The molecule has 0 fully saturated rings. The Labute approximate surface area is 105 Å². The number of carbonyl (C=O) groups excluding carboxylic acids is 1. The lowest BCUT2D eigenvalue weighted by atomic mass is 10.2. The number of alkyl halides is 3. The molecule has 0 atom stereocenters. The summed E-state index contributed by atoms with van der Waals surface area (Å²) in [6.45, 7) is 1.10. The van der Waals surface area contributed by atoms with Gasteiger partial charge in [0.25, 0.3) is 0 Å². The maximum Gasteiger partial charge on any atom is 0.470 e. The third-order valence-corrected chi connectivity index (χ3v) is 1.78. The van der Waals surface area contributed by atoms with E-state index in [1.165, 1.54) is 5.56 Å². The van der Waals surface area contributed by atoms with Gasteiger partial charge in [-0.05, 0) is 0 Å². The number of quaternary nitrogens is 1. The van der Waals surface area contributed by atoms with Crippen LogP contribution in [0.3, 0.4) is 0 Å². The molecule has 0 aromatic heterocycles. The second kappa shape index (κ2) is 6.39. The number of nitrogens with two attached hydrogens (primary N) is 1. The minimum absolute atomic E-state index is 0.990. The van der Waals surface area contributed by atoms with E-state index < -0.39 is 12.1 Å². The van der Waals surface area contributed by atoms with Crippen molar-refractivity contribution in [1.82, 2.24) is 0 Å². The maximum absolute atomic E-state index is 10.7. The van der Waals surface area contributed by atoms with E-state index >= 15 is 0 Å². The zero-order valence-corrected chi connectivity index (χ0v) is 10.7. The van der Waals surface area contributed by atoms with Gasteiger partial charge in [0.2, 0.25) is 0 Å². The summed E-state index contributed by atoms with van der Waals surface area (Å²) in [5.74, 6) is -2.26. The van der Waals surface area contributed by atoms with Crippen LogP contribution in [0.2, 0.25) is 0 Å². The maximum atomic E-state index is 10.7. The monoisotopic (exact) mass is 263 g/mol. The van der Waals surface area contributed by atoms with Crippen molar-refractivity contribution < 1.29 is 22.4 Å². The van der Waals surface area contributed by atoms with E-state index in [1.54, 1.807) is 0 Å². The largest absolute Gasteiger partial charge is 0.470 e. The van der Waals surface area contributed by atoms with Crippen LogP contribution < -0.4 is 5.73 Å². The lowest BCUT2D eigenvalue weighted by Crippen LogP contribution is -2.33. The molecular weight excluding hydrogens is 245 g/mol. The predicted octanol–water partition coefficient (Wildman–Crippen LogP) is 1.93. The highest BCUT2D eigenvalue weighted by atomic mass is 19.4. The van der Waals surface area contributed by atoms with Crippen LogP contribution in [0.4, 0.5) is 13.2 Å². The fraction of sp³-hybridized carbons (Fsp3) is 0.417. The Morgan fingerprint density at radius 3 is 1.83 bits per heavy atom. The molecule has 0 aliphatic heterocycles. The normalized spacial score (nSPS) is 11.4. The second-order valence-electron chi connectivity index (χ2n) is 4.80. The molecule has 0 unspecified atom stereocenters. The fourth-order valence-electron chi connectivity index (χ4n) is 1.13. The number of carbonyl (C=O) groups is 1. The van der Waals surface area contributed by atoms with Gasteiger partial charge in [-0.3, -0.25) is 4.79 Å². The van der Waals surface area contributed by atoms with Crippen LogP contribution in [-0.2, 0) is 11.3 Å². The van der Waals surface area contributed by atoms with E-state index in [-0.39, 0.29) is 0 Å². The van der Waals surface area contributed by atoms with Crippen molar-refractivity contribution >= 4 is 5.91 Å². The van der Waals surface area contributed by atoms with Crippen molar-refractivity contribution in [2.75, 3.05) is 21.1 Å². The van der Waals surface area contributed by atoms with Crippen LogP contribution in [0.5, 0.6) is 0 Å². The van der Waals surface area contributed by atoms with Gasteiger partial charge in [0.1, 0.15) is 6.54 Å². The summed E-state index contributed by atoms with van der Waals surface area (Å²) in [6.07, 6.45) is -4.86. The quantitative estimate of drug-likeness (QED) is 0.814. The molecule has 0 aliphatic carbocycles. The lowest BCUT2D eigenvalue weighted by Gasteiger charge is -2.23. The highest BCUT2D eigenvalue weighted by molar-refractivity contribution is 5.79. The Bertz CT molecular complexity index is 369. The topological polar surface area (TPSA) is 43.1 Å².